The highest BCUT2D eigenvalue weighted by molar-refractivity contribution is 5.86. The summed E-state index contributed by atoms with van der Waals surface area (Å²) < 4.78 is 10.6. The van der Waals surface area contributed by atoms with Crippen molar-refractivity contribution in [3.05, 3.63) is 60.9 Å². The van der Waals surface area contributed by atoms with Gasteiger partial charge in [0, 0.05) is 35.1 Å². The number of aromatic nitrogens is 3. The molecular formula is C21H19N5O2. The van der Waals surface area contributed by atoms with Crippen LogP contribution in [0.5, 0.6) is 11.5 Å². The number of fused-ring (bicyclic) bond motifs is 1. The molecule has 0 fully saturated rings. The van der Waals surface area contributed by atoms with Gasteiger partial charge >= 0.3 is 0 Å². The second-order valence-electron chi connectivity index (χ2n) is 6.10. The number of pyridine rings is 1. The Labute approximate surface area is 162 Å². The number of hydrogen-bond acceptors (Lipinski definition) is 7. The minimum absolute atomic E-state index is 0.390. The Morgan fingerprint density at radius 2 is 1.79 bits per heavy atom. The molecule has 7 heteroatoms. The van der Waals surface area contributed by atoms with Crippen LogP contribution in [0, 0.1) is 0 Å². The fraction of sp³-hybridized carbons (Fsp3) is 0.0952. The molecule has 0 saturated carbocycles. The molecule has 2 aromatic heterocycles. The lowest BCUT2D eigenvalue weighted by atomic mass is 10.1. The second kappa shape index (κ2) is 7.40. The number of hydrogen-bond donors (Lipinski definition) is 2. The number of nitrogens with zero attached hydrogens (tertiary/aromatic N) is 3. The van der Waals surface area contributed by atoms with E-state index in [1.807, 2.05) is 48.5 Å². The van der Waals surface area contributed by atoms with E-state index in [1.54, 1.807) is 26.6 Å². The first-order valence-electron chi connectivity index (χ1n) is 8.64. The Hall–Kier alpha value is -3.87. The Kier molecular flexibility index (Phi) is 4.63. The molecule has 7 nitrogen and oxygen atoms in total. The lowest BCUT2D eigenvalue weighted by Crippen LogP contribution is -2.02. The number of nitrogens with two attached hydrogens (primary N) is 1. The molecule has 0 radical (unpaired) electrons. The Balaban J connectivity index is 1.62. The Morgan fingerprint density at radius 3 is 2.57 bits per heavy atom. The summed E-state index contributed by atoms with van der Waals surface area (Å²) in [4.78, 5) is 13.1. The largest absolute Gasteiger partial charge is 0.493 e. The van der Waals surface area contributed by atoms with Gasteiger partial charge in [0.05, 0.1) is 19.7 Å². The van der Waals surface area contributed by atoms with E-state index in [0.29, 0.717) is 23.3 Å². The molecule has 28 heavy (non-hydrogen) atoms. The molecule has 140 valence electrons. The Morgan fingerprint density at radius 1 is 0.929 bits per heavy atom. The van der Waals surface area contributed by atoms with Crippen molar-refractivity contribution in [2.75, 3.05) is 25.3 Å². The molecule has 4 aromatic rings. The quantitative estimate of drug-likeness (QED) is 0.545. The summed E-state index contributed by atoms with van der Waals surface area (Å²) in [6.45, 7) is 0. The molecule has 4 rings (SSSR count). The third-order valence-electron chi connectivity index (χ3n) is 4.37. The molecule has 2 aromatic carbocycles. The van der Waals surface area contributed by atoms with Gasteiger partial charge in [0.25, 0.3) is 0 Å². The van der Waals surface area contributed by atoms with Gasteiger partial charge in [-0.3, -0.25) is 4.98 Å². The maximum absolute atomic E-state index is 6.20. The topological polar surface area (TPSA) is 95.2 Å². The molecule has 0 saturated heterocycles. The third-order valence-corrected chi connectivity index (χ3v) is 4.37. The summed E-state index contributed by atoms with van der Waals surface area (Å²) in [6, 6.07) is 15.3. The van der Waals surface area contributed by atoms with Crippen molar-refractivity contribution < 1.29 is 9.47 Å². The van der Waals surface area contributed by atoms with Crippen LogP contribution in [-0.4, -0.2) is 29.2 Å². The van der Waals surface area contributed by atoms with Crippen LogP contribution in [0.15, 0.2) is 60.9 Å². The lowest BCUT2D eigenvalue weighted by Gasteiger charge is -2.12. The third kappa shape index (κ3) is 3.37. The SMILES string of the molecule is COc1ccc(Nc2ncc(-c3ccc4ncccc4c3)c(N)n2)cc1OC. The molecule has 0 spiro atoms. The average molecular weight is 373 g/mol. The highest BCUT2D eigenvalue weighted by Crippen LogP contribution is 2.31. The van der Waals surface area contributed by atoms with Crippen molar-refractivity contribution >= 4 is 28.4 Å². The predicted octanol–water partition coefficient (Wildman–Crippen LogP) is 4.03. The highest BCUT2D eigenvalue weighted by Gasteiger charge is 2.10. The van der Waals surface area contributed by atoms with Crippen LogP contribution >= 0.6 is 0 Å². The number of rotatable bonds is 5. The van der Waals surface area contributed by atoms with Crippen LogP contribution in [0.25, 0.3) is 22.0 Å². The van der Waals surface area contributed by atoms with Crippen molar-refractivity contribution in [1.82, 2.24) is 15.0 Å². The van der Waals surface area contributed by atoms with Crippen molar-refractivity contribution in [2.45, 2.75) is 0 Å². The minimum atomic E-state index is 0.390. The number of benzene rings is 2. The predicted molar refractivity (Wildman–Crippen MR) is 110 cm³/mol. The normalized spacial score (nSPS) is 10.6. The molecular weight excluding hydrogens is 354 g/mol. The molecule has 0 aliphatic carbocycles. The molecule has 2 heterocycles. The van der Waals surface area contributed by atoms with Gasteiger partial charge in [-0.05, 0) is 35.9 Å². The summed E-state index contributed by atoms with van der Waals surface area (Å²) in [5, 5.41) is 4.17. The molecule has 0 aliphatic rings. The van der Waals surface area contributed by atoms with Crippen molar-refractivity contribution in [2.24, 2.45) is 0 Å². The van der Waals surface area contributed by atoms with E-state index < -0.39 is 0 Å². The molecule has 0 bridgehead atoms. The van der Waals surface area contributed by atoms with Crippen molar-refractivity contribution in [3.63, 3.8) is 0 Å². The van der Waals surface area contributed by atoms with E-state index in [-0.39, 0.29) is 0 Å². The first-order chi connectivity index (χ1) is 13.7. The van der Waals surface area contributed by atoms with Crippen LogP contribution in [0.2, 0.25) is 0 Å². The summed E-state index contributed by atoms with van der Waals surface area (Å²) >= 11 is 0. The molecule has 0 amide bonds. The van der Waals surface area contributed by atoms with E-state index in [9.17, 15) is 0 Å². The maximum atomic E-state index is 6.20. The van der Waals surface area contributed by atoms with E-state index in [0.717, 1.165) is 27.7 Å². The Bertz CT molecular complexity index is 1150. The molecule has 0 aliphatic heterocycles. The molecule has 0 atom stereocenters. The van der Waals surface area contributed by atoms with Crippen LogP contribution in [0.1, 0.15) is 0 Å². The lowest BCUT2D eigenvalue weighted by molar-refractivity contribution is 0.355. The minimum Gasteiger partial charge on any atom is -0.493 e. The fourth-order valence-electron chi connectivity index (χ4n) is 2.96. The van der Waals surface area contributed by atoms with E-state index in [2.05, 4.69) is 20.3 Å². The number of ether oxygens (including phenoxy) is 2. The van der Waals surface area contributed by atoms with Crippen molar-refractivity contribution in [1.29, 1.82) is 0 Å². The van der Waals surface area contributed by atoms with Gasteiger partial charge in [0.1, 0.15) is 5.82 Å². The summed E-state index contributed by atoms with van der Waals surface area (Å²) in [7, 11) is 3.18. The number of nitrogens with one attached hydrogen (secondary N) is 1. The van der Waals surface area contributed by atoms with Crippen LogP contribution in [-0.2, 0) is 0 Å². The van der Waals surface area contributed by atoms with Gasteiger partial charge in [-0.1, -0.05) is 12.1 Å². The second-order valence-corrected chi connectivity index (χ2v) is 6.10. The van der Waals surface area contributed by atoms with Gasteiger partial charge in [-0.2, -0.15) is 4.98 Å². The van der Waals surface area contributed by atoms with Gasteiger partial charge in [0.15, 0.2) is 11.5 Å². The maximum Gasteiger partial charge on any atom is 0.229 e. The van der Waals surface area contributed by atoms with Gasteiger partial charge in [0.2, 0.25) is 5.95 Å². The zero-order chi connectivity index (χ0) is 19.5. The average Bonchev–Trinajstić information content (AvgIpc) is 2.73. The summed E-state index contributed by atoms with van der Waals surface area (Å²) in [5.41, 5.74) is 9.60. The monoisotopic (exact) mass is 373 g/mol. The van der Waals surface area contributed by atoms with Gasteiger partial charge in [-0.15, -0.1) is 0 Å². The van der Waals surface area contributed by atoms with Crippen LogP contribution in [0.4, 0.5) is 17.5 Å². The zero-order valence-electron chi connectivity index (χ0n) is 15.5. The summed E-state index contributed by atoms with van der Waals surface area (Å²) in [5.74, 6) is 2.05. The van der Waals surface area contributed by atoms with Crippen molar-refractivity contribution in [3.8, 4) is 22.6 Å². The molecule has 0 unspecified atom stereocenters. The standard InChI is InChI=1S/C21H19N5O2/c1-27-18-8-6-15(11-19(18)28-2)25-21-24-12-16(20(22)26-21)13-5-7-17-14(10-13)4-3-9-23-17/h3-12H,1-2H3,(H3,22,24,25,26). The van der Waals surface area contributed by atoms with E-state index in [4.69, 9.17) is 15.2 Å². The first kappa shape index (κ1) is 17.5. The fourth-order valence-corrected chi connectivity index (χ4v) is 2.96. The van der Waals surface area contributed by atoms with Gasteiger partial charge in [-0.25, -0.2) is 4.98 Å². The number of nitrogen functional groups attached to an aromatic ring is 1. The smallest absolute Gasteiger partial charge is 0.229 e. The van der Waals surface area contributed by atoms with E-state index >= 15 is 0 Å². The van der Waals surface area contributed by atoms with Gasteiger partial charge < -0.3 is 20.5 Å². The first-order valence-corrected chi connectivity index (χ1v) is 8.64. The number of methoxy groups -OCH3 is 2. The van der Waals surface area contributed by atoms with E-state index in [1.165, 1.54) is 0 Å². The van der Waals surface area contributed by atoms with Crippen LogP contribution in [0.3, 0.4) is 0 Å². The zero-order valence-corrected chi connectivity index (χ0v) is 15.5. The highest BCUT2D eigenvalue weighted by atomic mass is 16.5. The molecule has 3 N–H and O–H groups in total. The van der Waals surface area contributed by atoms with Crippen LogP contribution < -0.4 is 20.5 Å². The summed E-state index contributed by atoms with van der Waals surface area (Å²) in [6.07, 6.45) is 3.48. The number of anilines is 3.